The van der Waals surface area contributed by atoms with E-state index in [0.717, 1.165) is 25.1 Å². The van der Waals surface area contributed by atoms with E-state index in [9.17, 15) is 9.59 Å². The van der Waals surface area contributed by atoms with Gasteiger partial charge in [0.15, 0.2) is 0 Å². The number of para-hydroxylation sites is 1. The molecule has 2 heterocycles. The monoisotopic (exact) mass is 390 g/mol. The second-order valence-corrected chi connectivity index (χ2v) is 6.84. The molecule has 0 radical (unpaired) electrons. The number of nitrogens with zero attached hydrogens (tertiary/aromatic N) is 2. The van der Waals surface area contributed by atoms with E-state index in [1.54, 1.807) is 47.3 Å². The van der Waals surface area contributed by atoms with Gasteiger partial charge in [-0.2, -0.15) is 5.10 Å². The second-order valence-electron chi connectivity index (χ2n) is 6.84. The van der Waals surface area contributed by atoms with E-state index in [-0.39, 0.29) is 17.9 Å². The molecular formula is C22H22N4O3. The van der Waals surface area contributed by atoms with Crippen molar-refractivity contribution in [2.45, 2.75) is 18.9 Å². The third-order valence-electron chi connectivity index (χ3n) is 4.83. The molecule has 1 fully saturated rings. The van der Waals surface area contributed by atoms with Crippen molar-refractivity contribution in [3.63, 3.8) is 0 Å². The van der Waals surface area contributed by atoms with Gasteiger partial charge in [-0.1, -0.05) is 12.1 Å². The Labute approximate surface area is 168 Å². The number of rotatable bonds is 6. The maximum atomic E-state index is 12.7. The average Bonchev–Trinajstić information content (AvgIpc) is 3.47. The Hall–Kier alpha value is -3.45. The Morgan fingerprint density at radius 3 is 2.62 bits per heavy atom. The quantitative estimate of drug-likeness (QED) is 0.678. The van der Waals surface area contributed by atoms with Gasteiger partial charge in [-0.05, 0) is 55.3 Å². The molecule has 7 nitrogen and oxygen atoms in total. The van der Waals surface area contributed by atoms with Gasteiger partial charge in [-0.15, -0.1) is 0 Å². The number of hydrogen-bond donors (Lipinski definition) is 2. The number of anilines is 1. The normalized spacial score (nSPS) is 15.8. The van der Waals surface area contributed by atoms with Crippen molar-refractivity contribution in [3.05, 3.63) is 78.1 Å². The summed E-state index contributed by atoms with van der Waals surface area (Å²) in [4.78, 5) is 25.3. The molecule has 3 aromatic rings. The molecule has 2 N–H and O–H groups in total. The van der Waals surface area contributed by atoms with E-state index < -0.39 is 0 Å². The van der Waals surface area contributed by atoms with Gasteiger partial charge in [0.1, 0.15) is 0 Å². The predicted molar refractivity (Wildman–Crippen MR) is 109 cm³/mol. The average molecular weight is 390 g/mol. The highest BCUT2D eigenvalue weighted by Crippen LogP contribution is 2.18. The van der Waals surface area contributed by atoms with E-state index in [2.05, 4.69) is 15.7 Å². The predicted octanol–water partition coefficient (Wildman–Crippen LogP) is 3.03. The zero-order chi connectivity index (χ0) is 20.1. The zero-order valence-electron chi connectivity index (χ0n) is 15.9. The molecule has 1 aromatic heterocycles. The van der Waals surface area contributed by atoms with Gasteiger partial charge >= 0.3 is 0 Å². The molecule has 0 aliphatic carbocycles. The van der Waals surface area contributed by atoms with Crippen LogP contribution in [-0.2, 0) is 4.74 Å². The SMILES string of the molecule is O=C(Nc1ccccc1C(=O)NC[C@@H]1CCCO1)c1ccc(-n2cccn2)cc1. The van der Waals surface area contributed by atoms with Crippen molar-refractivity contribution in [2.24, 2.45) is 0 Å². The second kappa shape index (κ2) is 8.70. The molecule has 4 rings (SSSR count). The Bertz CT molecular complexity index is 978. The Morgan fingerprint density at radius 1 is 1.07 bits per heavy atom. The molecule has 1 atom stereocenters. The maximum absolute atomic E-state index is 12.7. The lowest BCUT2D eigenvalue weighted by Crippen LogP contribution is -2.32. The molecule has 1 aliphatic rings. The molecular weight excluding hydrogens is 368 g/mol. The number of aromatic nitrogens is 2. The number of benzene rings is 2. The van der Waals surface area contributed by atoms with Gasteiger partial charge in [0, 0.05) is 31.1 Å². The van der Waals surface area contributed by atoms with Crippen LogP contribution in [0.25, 0.3) is 5.69 Å². The first-order chi connectivity index (χ1) is 14.2. The van der Waals surface area contributed by atoms with E-state index in [0.29, 0.717) is 23.4 Å². The summed E-state index contributed by atoms with van der Waals surface area (Å²) in [6.45, 7) is 1.21. The van der Waals surface area contributed by atoms with Gasteiger partial charge in [0.05, 0.1) is 23.0 Å². The lowest BCUT2D eigenvalue weighted by Gasteiger charge is -2.14. The van der Waals surface area contributed by atoms with Crippen LogP contribution in [0.5, 0.6) is 0 Å². The maximum Gasteiger partial charge on any atom is 0.255 e. The number of ether oxygens (including phenoxy) is 1. The minimum atomic E-state index is -0.281. The van der Waals surface area contributed by atoms with Crippen molar-refractivity contribution in [1.29, 1.82) is 0 Å². The van der Waals surface area contributed by atoms with Crippen LogP contribution in [-0.4, -0.2) is 40.9 Å². The van der Waals surface area contributed by atoms with Crippen LogP contribution < -0.4 is 10.6 Å². The number of carbonyl (C=O) groups excluding carboxylic acids is 2. The summed E-state index contributed by atoms with van der Waals surface area (Å²) < 4.78 is 7.26. The molecule has 1 aliphatic heterocycles. The highest BCUT2D eigenvalue weighted by molar-refractivity contribution is 6.09. The van der Waals surface area contributed by atoms with Crippen LogP contribution in [0, 0.1) is 0 Å². The van der Waals surface area contributed by atoms with Crippen molar-refractivity contribution in [1.82, 2.24) is 15.1 Å². The molecule has 0 spiro atoms. The highest BCUT2D eigenvalue weighted by Gasteiger charge is 2.18. The van der Waals surface area contributed by atoms with Crippen LogP contribution in [0.1, 0.15) is 33.6 Å². The van der Waals surface area contributed by atoms with Crippen molar-refractivity contribution >= 4 is 17.5 Å². The fourth-order valence-corrected chi connectivity index (χ4v) is 3.28. The van der Waals surface area contributed by atoms with Crippen LogP contribution in [0.4, 0.5) is 5.69 Å². The van der Waals surface area contributed by atoms with Gasteiger partial charge in [-0.3, -0.25) is 9.59 Å². The summed E-state index contributed by atoms with van der Waals surface area (Å²) >= 11 is 0. The Morgan fingerprint density at radius 2 is 1.90 bits per heavy atom. The van der Waals surface area contributed by atoms with Crippen LogP contribution in [0.15, 0.2) is 67.0 Å². The minimum Gasteiger partial charge on any atom is -0.376 e. The molecule has 2 aromatic carbocycles. The van der Waals surface area contributed by atoms with Crippen LogP contribution in [0.2, 0.25) is 0 Å². The smallest absolute Gasteiger partial charge is 0.255 e. The topological polar surface area (TPSA) is 85.3 Å². The van der Waals surface area contributed by atoms with Gasteiger partial charge in [0.25, 0.3) is 11.8 Å². The molecule has 2 amide bonds. The van der Waals surface area contributed by atoms with Crippen LogP contribution >= 0.6 is 0 Å². The Balaban J connectivity index is 1.43. The largest absolute Gasteiger partial charge is 0.376 e. The number of amides is 2. The van der Waals surface area contributed by atoms with Gasteiger partial charge < -0.3 is 15.4 Å². The first-order valence-corrected chi connectivity index (χ1v) is 9.61. The molecule has 1 saturated heterocycles. The summed E-state index contributed by atoms with van der Waals surface area (Å²) in [6.07, 6.45) is 5.57. The lowest BCUT2D eigenvalue weighted by atomic mass is 10.1. The summed E-state index contributed by atoms with van der Waals surface area (Å²) in [6, 6.07) is 15.9. The van der Waals surface area contributed by atoms with Crippen LogP contribution in [0.3, 0.4) is 0 Å². The fourth-order valence-electron chi connectivity index (χ4n) is 3.28. The van der Waals surface area contributed by atoms with E-state index >= 15 is 0 Å². The van der Waals surface area contributed by atoms with Gasteiger partial charge in [0.2, 0.25) is 0 Å². The number of carbonyl (C=O) groups is 2. The van der Waals surface area contributed by atoms with Crippen molar-refractivity contribution < 1.29 is 14.3 Å². The van der Waals surface area contributed by atoms with Crippen molar-refractivity contribution in [3.8, 4) is 5.69 Å². The summed E-state index contributed by atoms with van der Waals surface area (Å²) in [5, 5.41) is 9.90. The summed E-state index contributed by atoms with van der Waals surface area (Å²) in [7, 11) is 0. The summed E-state index contributed by atoms with van der Waals surface area (Å²) in [5.74, 6) is -0.512. The third-order valence-corrected chi connectivity index (χ3v) is 4.83. The fraction of sp³-hybridized carbons (Fsp3) is 0.227. The van der Waals surface area contributed by atoms with E-state index in [1.165, 1.54) is 0 Å². The highest BCUT2D eigenvalue weighted by atomic mass is 16.5. The summed E-state index contributed by atoms with van der Waals surface area (Å²) in [5.41, 5.74) is 2.25. The van der Waals surface area contributed by atoms with Gasteiger partial charge in [-0.25, -0.2) is 4.68 Å². The van der Waals surface area contributed by atoms with E-state index in [4.69, 9.17) is 4.74 Å². The standard InChI is InChI=1S/C22H22N4O3/c27-21(16-8-10-17(11-9-16)26-13-4-12-24-26)25-20-7-2-1-6-19(20)22(28)23-15-18-5-3-14-29-18/h1-2,4,6-13,18H,3,5,14-15H2,(H,23,28)(H,25,27)/t18-/m0/s1. The molecule has 0 bridgehead atoms. The van der Waals surface area contributed by atoms with Crippen molar-refractivity contribution in [2.75, 3.05) is 18.5 Å². The minimum absolute atomic E-state index is 0.0639. The number of nitrogens with one attached hydrogen (secondary N) is 2. The first-order valence-electron chi connectivity index (χ1n) is 9.61. The molecule has 7 heteroatoms. The van der Waals surface area contributed by atoms with E-state index in [1.807, 2.05) is 24.4 Å². The molecule has 0 unspecified atom stereocenters. The Kier molecular flexibility index (Phi) is 5.67. The zero-order valence-corrected chi connectivity index (χ0v) is 15.9. The number of hydrogen-bond acceptors (Lipinski definition) is 4. The first kappa shape index (κ1) is 18.9. The molecule has 29 heavy (non-hydrogen) atoms. The molecule has 0 saturated carbocycles. The third kappa shape index (κ3) is 4.52. The lowest BCUT2D eigenvalue weighted by molar-refractivity contribution is 0.0858. The molecule has 148 valence electrons.